The maximum Gasteiger partial charge on any atom is 2.00 e. The maximum atomic E-state index is 9.87. The van der Waals surface area contributed by atoms with Gasteiger partial charge in [0.2, 0.25) is 0 Å². The van der Waals surface area contributed by atoms with E-state index in [-0.39, 0.29) is 17.1 Å². The molecule has 0 atom stereocenters. The van der Waals surface area contributed by atoms with Crippen molar-refractivity contribution >= 4 is 24.5 Å². The zero-order chi connectivity index (χ0) is 29.0. The summed E-state index contributed by atoms with van der Waals surface area (Å²) in [5.74, 6) is 1.27. The van der Waals surface area contributed by atoms with Crippen molar-refractivity contribution in [3.8, 4) is 11.1 Å². The summed E-state index contributed by atoms with van der Waals surface area (Å²) < 4.78 is 59.2. The summed E-state index contributed by atoms with van der Waals surface area (Å²) in [4.78, 5) is 0. The molecule has 2 fully saturated rings. The summed E-state index contributed by atoms with van der Waals surface area (Å²) in [7, 11) is -10.7. The van der Waals surface area contributed by atoms with Gasteiger partial charge in [0.1, 0.15) is 0 Å². The molecule has 0 saturated heterocycles. The van der Waals surface area contributed by atoms with Crippen LogP contribution in [0.1, 0.15) is 29.2 Å². The molecule has 10 radical (unpaired) electrons. The molecule has 0 spiro atoms. The molecule has 5 aliphatic rings. The second-order valence-electron chi connectivity index (χ2n) is 9.43. The van der Waals surface area contributed by atoms with E-state index in [0.29, 0.717) is 0 Å². The number of aryl methyl sites for hydroxylation is 1. The Balaban J connectivity index is 0.000000299. The molecule has 0 aromatic heterocycles. The van der Waals surface area contributed by atoms with Crippen molar-refractivity contribution in [3.05, 3.63) is 159 Å². The van der Waals surface area contributed by atoms with Crippen molar-refractivity contribution < 1.29 is 42.3 Å². The normalized spacial score (nSPS) is 19.4. The molecule has 6 rings (SSSR count). The Kier molecular flexibility index (Phi) is 10.2. The van der Waals surface area contributed by atoms with Crippen LogP contribution in [0, 0.1) is 70.6 Å². The third-order valence-corrected chi connectivity index (χ3v) is 6.27. The van der Waals surface area contributed by atoms with E-state index in [1.54, 1.807) is 0 Å². The fourth-order valence-electron chi connectivity index (χ4n) is 4.73. The van der Waals surface area contributed by atoms with Crippen molar-refractivity contribution in [2.75, 3.05) is 0 Å². The van der Waals surface area contributed by atoms with Crippen molar-refractivity contribution in [1.29, 1.82) is 0 Å². The number of hydrogen-bond acceptors (Lipinski definition) is 0. The monoisotopic (exact) mass is 624 g/mol. The summed E-state index contributed by atoms with van der Waals surface area (Å²) >= 11 is 0. The Bertz CT molecular complexity index is 1370. The second kappa shape index (κ2) is 12.6. The van der Waals surface area contributed by atoms with Gasteiger partial charge in [0.15, 0.2) is 0 Å². The zero-order valence-electron chi connectivity index (χ0n) is 22.2. The van der Waals surface area contributed by atoms with Gasteiger partial charge in [0.25, 0.3) is 0 Å². The topological polar surface area (TPSA) is 0 Å². The van der Waals surface area contributed by atoms with E-state index < -0.39 is 7.81 Å². The van der Waals surface area contributed by atoms with Crippen LogP contribution in [0.25, 0.3) is 27.8 Å². The van der Waals surface area contributed by atoms with E-state index in [4.69, 9.17) is 0 Å². The first-order valence-electron chi connectivity index (χ1n) is 12.5. The van der Waals surface area contributed by atoms with Gasteiger partial charge in [-0.25, -0.2) is 0 Å². The van der Waals surface area contributed by atoms with Gasteiger partial charge in [0, 0.05) is 34.8 Å². The van der Waals surface area contributed by atoms with E-state index >= 15 is 0 Å². The molecule has 41 heavy (non-hydrogen) atoms. The minimum absolute atomic E-state index is 0. The van der Waals surface area contributed by atoms with Crippen LogP contribution in [-0.4, -0.2) is 0 Å². The van der Waals surface area contributed by atoms with Crippen molar-refractivity contribution in [2.45, 2.75) is 13.8 Å². The number of hydrogen-bond donors (Lipinski definition) is 0. The molecular formula is C33H27F6FeP+2. The Labute approximate surface area is 250 Å². The van der Waals surface area contributed by atoms with E-state index in [9.17, 15) is 25.2 Å². The maximum absolute atomic E-state index is 10.7. The van der Waals surface area contributed by atoms with Crippen LogP contribution in [0.4, 0.5) is 25.2 Å². The van der Waals surface area contributed by atoms with Gasteiger partial charge in [-0.1, -0.05) is 30.3 Å². The molecule has 0 N–H and O–H groups in total. The molecule has 212 valence electrons. The number of halogens is 6. The van der Waals surface area contributed by atoms with Gasteiger partial charge in [-0.2, -0.15) is 0 Å². The summed E-state index contributed by atoms with van der Waals surface area (Å²) in [5.41, 5.74) is 11.9. The predicted octanol–water partition coefficient (Wildman–Crippen LogP) is 11.5. The molecule has 1 aromatic carbocycles. The number of rotatable bonds is 2. The molecule has 0 amide bonds. The van der Waals surface area contributed by atoms with Crippen LogP contribution in [-0.2, 0) is 17.1 Å². The molecule has 2 saturated carbocycles. The fraction of sp³-hybridized carbons (Fsp3) is 0.0606. The standard InChI is InChI=1S/C28H22.C5H5.F6P.Fe/c1-19-17-26(24-15-7-3-5-13-22(19)24)28(21-11-9-10-12-21)27-18-20(2)23-14-6-4-8-16-25(23)27;1-2-4-5-3-1;1-7(2,3,4,5)6;/h3-18H,1-2H3;1-5H;;/q+1;;-1;+2/b28-26+;;;. The molecule has 0 unspecified atom stereocenters. The fourth-order valence-corrected chi connectivity index (χ4v) is 4.73. The molecule has 8 heteroatoms. The van der Waals surface area contributed by atoms with E-state index in [0.717, 1.165) is 0 Å². The third-order valence-electron chi connectivity index (χ3n) is 6.27. The quantitative estimate of drug-likeness (QED) is 0.115. The van der Waals surface area contributed by atoms with Crippen molar-refractivity contribution in [2.24, 2.45) is 0 Å². The largest absolute Gasteiger partial charge is 2.00 e. The average Bonchev–Trinajstić information content (AvgIpc) is 3.62. The van der Waals surface area contributed by atoms with Crippen molar-refractivity contribution in [1.82, 2.24) is 0 Å². The zero-order valence-corrected chi connectivity index (χ0v) is 24.2. The first kappa shape index (κ1) is 33.3. The van der Waals surface area contributed by atoms with Gasteiger partial charge in [-0.15, -0.1) is 0 Å². The van der Waals surface area contributed by atoms with Crippen molar-refractivity contribution in [3.63, 3.8) is 0 Å². The summed E-state index contributed by atoms with van der Waals surface area (Å²) in [6.07, 6.45) is 21.1. The predicted molar refractivity (Wildman–Crippen MR) is 155 cm³/mol. The smallest absolute Gasteiger partial charge is 0.0312 e. The van der Waals surface area contributed by atoms with E-state index in [1.807, 2.05) is 32.1 Å². The molecule has 0 bridgehead atoms. The van der Waals surface area contributed by atoms with Crippen LogP contribution in [0.15, 0.2) is 72.8 Å². The number of allylic oxidation sites excluding steroid dienone is 4. The Morgan fingerprint density at radius 3 is 1.76 bits per heavy atom. The molecule has 0 nitrogen and oxygen atoms in total. The summed E-state index contributed by atoms with van der Waals surface area (Å²) in [6, 6.07) is 24.1. The van der Waals surface area contributed by atoms with Gasteiger partial charge in [0.05, 0.1) is 16.7 Å². The molecule has 1 aromatic rings. The Morgan fingerprint density at radius 2 is 1.17 bits per heavy atom. The van der Waals surface area contributed by atoms with Gasteiger partial charge >= 0.3 is 50.1 Å². The van der Waals surface area contributed by atoms with Crippen LogP contribution in [0.2, 0.25) is 0 Å². The summed E-state index contributed by atoms with van der Waals surface area (Å²) in [5, 5.41) is 0. The van der Waals surface area contributed by atoms with E-state index in [1.165, 1.54) is 56.0 Å². The van der Waals surface area contributed by atoms with E-state index in [2.05, 4.69) is 112 Å². The average molecular weight is 624 g/mol. The first-order valence-corrected chi connectivity index (χ1v) is 14.5. The molecule has 5 aliphatic carbocycles. The van der Waals surface area contributed by atoms with Crippen LogP contribution in [0.3, 0.4) is 0 Å². The first-order chi connectivity index (χ1) is 18.7. The molecule has 0 heterocycles. The minimum atomic E-state index is -10.7. The molecular weight excluding hydrogens is 597 g/mol. The van der Waals surface area contributed by atoms with Gasteiger partial charge in [-0.3, -0.25) is 0 Å². The van der Waals surface area contributed by atoms with Crippen LogP contribution in [0.5, 0.6) is 0 Å². The Hall–Kier alpha value is -2.20. The third kappa shape index (κ3) is 9.94. The van der Waals surface area contributed by atoms with Gasteiger partial charge in [-0.05, 0) is 119 Å². The summed E-state index contributed by atoms with van der Waals surface area (Å²) in [6.45, 7) is 4.42. The number of fused-ring (bicyclic) bond motifs is 2. The Morgan fingerprint density at radius 1 is 0.659 bits per heavy atom. The van der Waals surface area contributed by atoms with Gasteiger partial charge < -0.3 is 0 Å². The molecule has 0 aliphatic heterocycles. The minimum Gasteiger partial charge on any atom is -0.0312 e. The van der Waals surface area contributed by atoms with Crippen LogP contribution >= 0.6 is 7.81 Å². The SMILES string of the molecule is CC1=C/C(=C(/[C]2[CH][CH][CH][CH]2)c2cc(C)c3cccccc2-3)[c+]2cccccc21.F[P-](F)(F)(F)(F)F.[CH]1[CH][CH][CH][CH]1.[Fe+2]. The second-order valence-corrected chi connectivity index (χ2v) is 11.3. The van der Waals surface area contributed by atoms with Crippen LogP contribution < -0.4 is 0 Å².